The van der Waals surface area contributed by atoms with Crippen molar-refractivity contribution in [3.63, 3.8) is 0 Å². The van der Waals surface area contributed by atoms with Crippen molar-refractivity contribution in [1.82, 2.24) is 0 Å². The van der Waals surface area contributed by atoms with Gasteiger partial charge in [0.05, 0.1) is 0 Å². The van der Waals surface area contributed by atoms with E-state index in [9.17, 15) is 0 Å². The normalized spacial score (nSPS) is 12.9. The summed E-state index contributed by atoms with van der Waals surface area (Å²) in [4.78, 5) is 0. The minimum Gasteiger partial charge on any atom is -0.384 e. The third-order valence-electron chi connectivity index (χ3n) is 3.57. The molecule has 0 aromatic heterocycles. The Labute approximate surface area is 122 Å². The summed E-state index contributed by atoms with van der Waals surface area (Å²) in [5.41, 5.74) is 6.52. The van der Waals surface area contributed by atoms with Crippen LogP contribution in [0.2, 0.25) is 0 Å². The van der Waals surface area contributed by atoms with Gasteiger partial charge in [-0.3, -0.25) is 0 Å². The maximum Gasteiger partial charge on any atom is 0.0424 e. The molecule has 2 aromatic rings. The van der Waals surface area contributed by atoms with E-state index in [2.05, 4.69) is 69.9 Å². The summed E-state index contributed by atoms with van der Waals surface area (Å²) in [5, 5.41) is 6.98. The Hall–Kier alpha value is -1.48. The molecule has 0 saturated carbocycles. The Bertz CT molecular complexity index is 608. The molecule has 0 atom stereocenters. The second kappa shape index (κ2) is 5.25. The quantitative estimate of drug-likeness (QED) is 0.880. The number of anilines is 2. The van der Waals surface area contributed by atoms with E-state index in [4.69, 9.17) is 0 Å². The van der Waals surface area contributed by atoms with Crippen molar-refractivity contribution in [2.45, 2.75) is 19.9 Å². The zero-order valence-corrected chi connectivity index (χ0v) is 12.5. The molecule has 98 valence electrons. The molecule has 19 heavy (non-hydrogen) atoms. The topological polar surface area (TPSA) is 24.1 Å². The molecule has 0 unspecified atom stereocenters. The fourth-order valence-corrected chi connectivity index (χ4v) is 2.76. The summed E-state index contributed by atoms with van der Waals surface area (Å²) in [6.45, 7) is 4.03. The first-order valence-corrected chi connectivity index (χ1v) is 7.38. The SMILES string of the molecule is Cc1cc(NCc2cccc3c2NCC3)ccc1Br. The molecule has 0 aliphatic carbocycles. The molecule has 2 aromatic carbocycles. The zero-order valence-electron chi connectivity index (χ0n) is 11.0. The fourth-order valence-electron chi connectivity index (χ4n) is 2.51. The lowest BCUT2D eigenvalue weighted by molar-refractivity contribution is 1.11. The van der Waals surface area contributed by atoms with Crippen LogP contribution in [0.3, 0.4) is 0 Å². The van der Waals surface area contributed by atoms with Crippen molar-refractivity contribution in [3.8, 4) is 0 Å². The van der Waals surface area contributed by atoms with Gasteiger partial charge < -0.3 is 10.6 Å². The van der Waals surface area contributed by atoms with Crippen LogP contribution >= 0.6 is 15.9 Å². The average Bonchev–Trinajstić information content (AvgIpc) is 2.89. The van der Waals surface area contributed by atoms with Gasteiger partial charge in [-0.25, -0.2) is 0 Å². The first-order valence-electron chi connectivity index (χ1n) is 6.59. The van der Waals surface area contributed by atoms with Crippen LogP contribution in [0.1, 0.15) is 16.7 Å². The number of halogens is 1. The predicted molar refractivity (Wildman–Crippen MR) is 84.8 cm³/mol. The maximum atomic E-state index is 3.53. The molecule has 1 aliphatic heterocycles. The summed E-state index contributed by atoms with van der Waals surface area (Å²) >= 11 is 3.53. The van der Waals surface area contributed by atoms with E-state index in [-0.39, 0.29) is 0 Å². The van der Waals surface area contributed by atoms with Crippen molar-refractivity contribution < 1.29 is 0 Å². The molecular formula is C16H17BrN2. The Balaban J connectivity index is 1.76. The highest BCUT2D eigenvalue weighted by atomic mass is 79.9. The third-order valence-corrected chi connectivity index (χ3v) is 4.46. The Morgan fingerprint density at radius 2 is 2.16 bits per heavy atom. The van der Waals surface area contributed by atoms with Gasteiger partial charge >= 0.3 is 0 Å². The Morgan fingerprint density at radius 3 is 3.00 bits per heavy atom. The molecule has 0 radical (unpaired) electrons. The van der Waals surface area contributed by atoms with Crippen LogP contribution in [0.5, 0.6) is 0 Å². The Morgan fingerprint density at radius 1 is 1.26 bits per heavy atom. The monoisotopic (exact) mass is 316 g/mol. The number of fused-ring (bicyclic) bond motifs is 1. The summed E-state index contributed by atoms with van der Waals surface area (Å²) in [6.07, 6.45) is 1.14. The van der Waals surface area contributed by atoms with Gasteiger partial charge in [-0.05, 0) is 48.2 Å². The number of aryl methyl sites for hydroxylation is 1. The van der Waals surface area contributed by atoms with Crippen LogP contribution in [0.25, 0.3) is 0 Å². The zero-order chi connectivity index (χ0) is 13.2. The minimum absolute atomic E-state index is 0.858. The molecule has 0 fully saturated rings. The fraction of sp³-hybridized carbons (Fsp3) is 0.250. The largest absolute Gasteiger partial charge is 0.384 e. The van der Waals surface area contributed by atoms with Crippen molar-refractivity contribution in [1.29, 1.82) is 0 Å². The molecule has 0 amide bonds. The number of para-hydroxylation sites is 1. The van der Waals surface area contributed by atoms with Crippen LogP contribution in [0.4, 0.5) is 11.4 Å². The lowest BCUT2D eigenvalue weighted by atomic mass is 10.1. The average molecular weight is 317 g/mol. The highest BCUT2D eigenvalue weighted by Crippen LogP contribution is 2.27. The molecule has 1 aliphatic rings. The molecule has 3 rings (SSSR count). The van der Waals surface area contributed by atoms with Gasteiger partial charge in [0.15, 0.2) is 0 Å². The molecule has 2 nitrogen and oxygen atoms in total. The van der Waals surface area contributed by atoms with E-state index >= 15 is 0 Å². The molecule has 3 heteroatoms. The van der Waals surface area contributed by atoms with Gasteiger partial charge in [0.2, 0.25) is 0 Å². The van der Waals surface area contributed by atoms with Gasteiger partial charge in [-0.2, -0.15) is 0 Å². The summed E-state index contributed by atoms with van der Waals surface area (Å²) < 4.78 is 1.15. The first-order chi connectivity index (χ1) is 9.24. The van der Waals surface area contributed by atoms with Crippen molar-refractivity contribution in [3.05, 3.63) is 57.6 Å². The lowest BCUT2D eigenvalue weighted by Crippen LogP contribution is -2.03. The highest BCUT2D eigenvalue weighted by molar-refractivity contribution is 9.10. The van der Waals surface area contributed by atoms with E-state index in [1.807, 2.05) is 0 Å². The summed E-state index contributed by atoms with van der Waals surface area (Å²) in [6, 6.07) is 12.9. The van der Waals surface area contributed by atoms with E-state index in [0.29, 0.717) is 0 Å². The second-order valence-electron chi connectivity index (χ2n) is 4.95. The first kappa shape index (κ1) is 12.5. The van der Waals surface area contributed by atoms with E-state index < -0.39 is 0 Å². The van der Waals surface area contributed by atoms with Gasteiger partial charge in [-0.1, -0.05) is 34.1 Å². The van der Waals surface area contributed by atoms with E-state index in [1.165, 1.54) is 22.4 Å². The van der Waals surface area contributed by atoms with Crippen molar-refractivity contribution >= 4 is 27.3 Å². The number of rotatable bonds is 3. The third kappa shape index (κ3) is 2.61. The molecule has 0 saturated heterocycles. The van der Waals surface area contributed by atoms with Gasteiger partial charge in [0.25, 0.3) is 0 Å². The van der Waals surface area contributed by atoms with Gasteiger partial charge in [0.1, 0.15) is 0 Å². The van der Waals surface area contributed by atoms with E-state index in [0.717, 1.165) is 29.7 Å². The standard InChI is InChI=1S/C16H17BrN2/c1-11-9-14(5-6-15(11)17)19-10-13-4-2-3-12-7-8-18-16(12)13/h2-6,9,18-19H,7-8,10H2,1H3. The molecule has 0 bridgehead atoms. The number of hydrogen-bond acceptors (Lipinski definition) is 2. The maximum absolute atomic E-state index is 3.53. The second-order valence-corrected chi connectivity index (χ2v) is 5.80. The summed E-state index contributed by atoms with van der Waals surface area (Å²) in [7, 11) is 0. The number of nitrogens with one attached hydrogen (secondary N) is 2. The molecule has 2 N–H and O–H groups in total. The molecule has 1 heterocycles. The molecule has 0 spiro atoms. The number of benzene rings is 2. The van der Waals surface area contributed by atoms with Crippen LogP contribution in [0.15, 0.2) is 40.9 Å². The smallest absolute Gasteiger partial charge is 0.0424 e. The van der Waals surface area contributed by atoms with Gasteiger partial charge in [-0.15, -0.1) is 0 Å². The van der Waals surface area contributed by atoms with Crippen molar-refractivity contribution in [2.75, 3.05) is 17.2 Å². The van der Waals surface area contributed by atoms with Crippen LogP contribution < -0.4 is 10.6 Å². The minimum atomic E-state index is 0.858. The predicted octanol–water partition coefficient (Wildman–Crippen LogP) is 4.34. The van der Waals surface area contributed by atoms with Crippen LogP contribution in [0, 0.1) is 6.92 Å². The van der Waals surface area contributed by atoms with E-state index in [1.54, 1.807) is 0 Å². The summed E-state index contributed by atoms with van der Waals surface area (Å²) in [5.74, 6) is 0. The number of hydrogen-bond donors (Lipinski definition) is 2. The van der Waals surface area contributed by atoms with Crippen LogP contribution in [-0.4, -0.2) is 6.54 Å². The van der Waals surface area contributed by atoms with Crippen LogP contribution in [-0.2, 0) is 13.0 Å². The highest BCUT2D eigenvalue weighted by Gasteiger charge is 2.13. The Kier molecular flexibility index (Phi) is 3.47. The van der Waals surface area contributed by atoms with Crippen molar-refractivity contribution in [2.24, 2.45) is 0 Å². The van der Waals surface area contributed by atoms with Gasteiger partial charge in [0, 0.05) is 28.9 Å². The lowest BCUT2D eigenvalue weighted by Gasteiger charge is -2.12. The molecular weight excluding hydrogens is 300 g/mol.